The standard InChI is InChI=1S/C31H39FN4O7S/c1-10-42-27(38)24-18(4)23-25(37)36(31(7,8)28(39)34-17(2)3)29(40)35(26(23)44-24)14-22(43-16-30(5,6)15-33)20-13-19(32)11-12-21(20)41-9/h11-13,17,22H,10,14,16H2,1-9H3,(H,34,39)/t22-/m0/s1. The van der Waals surface area contributed by atoms with Crippen molar-refractivity contribution >= 4 is 33.4 Å². The quantitative estimate of drug-likeness (QED) is 0.290. The summed E-state index contributed by atoms with van der Waals surface area (Å²) in [5.74, 6) is -1.54. The number of halogens is 1. The third-order valence-electron chi connectivity index (χ3n) is 7.04. The van der Waals surface area contributed by atoms with Crippen molar-refractivity contribution in [2.45, 2.75) is 79.6 Å². The second-order valence-corrected chi connectivity index (χ2v) is 12.9. The van der Waals surface area contributed by atoms with Crippen LogP contribution in [0.1, 0.15) is 75.4 Å². The summed E-state index contributed by atoms with van der Waals surface area (Å²) in [6, 6.07) is 5.73. The Morgan fingerprint density at radius 2 is 1.84 bits per heavy atom. The molecule has 0 radical (unpaired) electrons. The molecule has 44 heavy (non-hydrogen) atoms. The SMILES string of the molecule is CCOC(=O)c1sc2c(c1C)c(=O)n(C(C)(C)C(=O)NC(C)C)c(=O)n2C[C@H](OCC(C)(C)C#N)c1cc(F)ccc1OC. The summed E-state index contributed by atoms with van der Waals surface area (Å²) >= 11 is 0.905. The van der Waals surface area contributed by atoms with Gasteiger partial charge in [-0.3, -0.25) is 14.2 Å². The number of amides is 1. The second-order valence-electron chi connectivity index (χ2n) is 11.9. The fraction of sp³-hybridized carbons (Fsp3) is 0.516. The van der Waals surface area contributed by atoms with E-state index in [2.05, 4.69) is 11.4 Å². The molecule has 0 fully saturated rings. The molecule has 0 saturated heterocycles. The van der Waals surface area contributed by atoms with Gasteiger partial charge in [-0.15, -0.1) is 11.3 Å². The van der Waals surface area contributed by atoms with E-state index in [1.54, 1.807) is 41.5 Å². The number of aryl methyl sites for hydroxylation is 1. The Balaban J connectivity index is 2.41. The zero-order valence-electron chi connectivity index (χ0n) is 26.5. The van der Waals surface area contributed by atoms with E-state index in [9.17, 15) is 28.8 Å². The zero-order chi connectivity index (χ0) is 33.1. The largest absolute Gasteiger partial charge is 0.496 e. The van der Waals surface area contributed by atoms with E-state index in [4.69, 9.17) is 14.2 Å². The number of thiophene rings is 1. The molecule has 2 heterocycles. The van der Waals surface area contributed by atoms with Gasteiger partial charge in [0, 0.05) is 11.6 Å². The number of nitrogens with zero attached hydrogens (tertiary/aromatic N) is 3. The third-order valence-corrected chi connectivity index (χ3v) is 8.34. The highest BCUT2D eigenvalue weighted by Gasteiger charge is 2.37. The topological polar surface area (TPSA) is 142 Å². The zero-order valence-corrected chi connectivity index (χ0v) is 27.3. The Bertz CT molecular complexity index is 1730. The molecule has 3 aromatic rings. The summed E-state index contributed by atoms with van der Waals surface area (Å²) in [5.41, 5.74) is -3.63. The Hall–Kier alpha value is -4.02. The second kappa shape index (κ2) is 13.3. The van der Waals surface area contributed by atoms with Crippen molar-refractivity contribution in [1.82, 2.24) is 14.5 Å². The lowest BCUT2D eigenvalue weighted by molar-refractivity contribution is -0.129. The van der Waals surface area contributed by atoms with Crippen LogP contribution in [0.25, 0.3) is 10.2 Å². The number of benzene rings is 1. The Kier molecular flexibility index (Phi) is 10.4. The predicted octanol–water partition coefficient (Wildman–Crippen LogP) is 4.42. The molecule has 0 bridgehead atoms. The van der Waals surface area contributed by atoms with Crippen molar-refractivity contribution in [3.8, 4) is 11.8 Å². The number of esters is 1. The predicted molar refractivity (Wildman–Crippen MR) is 165 cm³/mol. The first kappa shape index (κ1) is 34.5. The van der Waals surface area contributed by atoms with Crippen LogP contribution in [-0.2, 0) is 26.4 Å². The lowest BCUT2D eigenvalue weighted by Crippen LogP contribution is -2.56. The van der Waals surface area contributed by atoms with Gasteiger partial charge in [-0.05, 0) is 79.2 Å². The van der Waals surface area contributed by atoms with Crippen molar-refractivity contribution in [2.75, 3.05) is 20.3 Å². The van der Waals surface area contributed by atoms with Crippen molar-refractivity contribution in [3.05, 3.63) is 60.9 Å². The third kappa shape index (κ3) is 6.87. The average molecular weight is 631 g/mol. The van der Waals surface area contributed by atoms with Gasteiger partial charge in [-0.2, -0.15) is 5.26 Å². The molecule has 0 aliphatic carbocycles. The highest BCUT2D eigenvalue weighted by molar-refractivity contribution is 7.20. The minimum Gasteiger partial charge on any atom is -0.496 e. The first-order valence-corrected chi connectivity index (χ1v) is 15.0. The Morgan fingerprint density at radius 1 is 1.18 bits per heavy atom. The van der Waals surface area contributed by atoms with Gasteiger partial charge in [-0.25, -0.2) is 18.5 Å². The van der Waals surface area contributed by atoms with Crippen LogP contribution in [0.3, 0.4) is 0 Å². The monoisotopic (exact) mass is 630 g/mol. The van der Waals surface area contributed by atoms with Crippen LogP contribution in [-0.4, -0.2) is 47.4 Å². The van der Waals surface area contributed by atoms with Crippen molar-refractivity contribution < 1.29 is 28.2 Å². The Morgan fingerprint density at radius 3 is 2.41 bits per heavy atom. The first-order chi connectivity index (χ1) is 20.5. The van der Waals surface area contributed by atoms with E-state index >= 15 is 0 Å². The summed E-state index contributed by atoms with van der Waals surface area (Å²) in [7, 11) is 1.40. The average Bonchev–Trinajstić information content (AvgIpc) is 3.29. The number of carbonyl (C=O) groups is 2. The van der Waals surface area contributed by atoms with Crippen LogP contribution < -0.4 is 21.3 Å². The minimum absolute atomic E-state index is 0.0605. The van der Waals surface area contributed by atoms with Gasteiger partial charge in [0.05, 0.1) is 43.7 Å². The number of methoxy groups -OCH3 is 1. The van der Waals surface area contributed by atoms with E-state index in [1.807, 2.05) is 0 Å². The molecule has 1 atom stereocenters. The molecule has 1 amide bonds. The number of hydrogen-bond acceptors (Lipinski definition) is 9. The maximum absolute atomic E-state index is 14.6. The molecule has 0 aliphatic rings. The van der Waals surface area contributed by atoms with E-state index in [-0.39, 0.29) is 52.2 Å². The molecule has 11 nitrogen and oxygen atoms in total. The molecule has 1 N–H and O–H groups in total. The van der Waals surface area contributed by atoms with E-state index in [0.29, 0.717) is 5.56 Å². The van der Waals surface area contributed by atoms with Crippen molar-refractivity contribution in [2.24, 2.45) is 5.41 Å². The van der Waals surface area contributed by atoms with Crippen molar-refractivity contribution in [3.63, 3.8) is 0 Å². The lowest BCUT2D eigenvalue weighted by Gasteiger charge is -2.29. The van der Waals surface area contributed by atoms with Gasteiger partial charge in [0.25, 0.3) is 5.56 Å². The van der Waals surface area contributed by atoms with E-state index in [1.165, 1.54) is 43.7 Å². The van der Waals surface area contributed by atoms with Gasteiger partial charge >= 0.3 is 11.7 Å². The lowest BCUT2D eigenvalue weighted by atomic mass is 9.97. The Labute approximate surface area is 259 Å². The molecule has 238 valence electrons. The molecule has 0 saturated carbocycles. The molecule has 1 aromatic carbocycles. The molecule has 0 aliphatic heterocycles. The van der Waals surface area contributed by atoms with Gasteiger partial charge in [0.2, 0.25) is 5.91 Å². The first-order valence-electron chi connectivity index (χ1n) is 14.1. The van der Waals surface area contributed by atoms with E-state index in [0.717, 1.165) is 15.9 Å². The smallest absolute Gasteiger partial charge is 0.348 e. The van der Waals surface area contributed by atoms with Gasteiger partial charge < -0.3 is 19.5 Å². The van der Waals surface area contributed by atoms with Crippen molar-refractivity contribution in [1.29, 1.82) is 5.26 Å². The van der Waals surface area contributed by atoms with Crippen LogP contribution in [0, 0.1) is 29.5 Å². The van der Waals surface area contributed by atoms with Gasteiger partial charge in [0.15, 0.2) is 0 Å². The van der Waals surface area contributed by atoms with Gasteiger partial charge in [0.1, 0.15) is 32.9 Å². The summed E-state index contributed by atoms with van der Waals surface area (Å²) < 4.78 is 33.5. The number of carbonyl (C=O) groups excluding carboxylic acids is 2. The maximum Gasteiger partial charge on any atom is 0.348 e. The summed E-state index contributed by atoms with van der Waals surface area (Å²) in [6.45, 7) is 12.7. The molecule has 2 aromatic heterocycles. The fourth-order valence-corrected chi connectivity index (χ4v) is 5.83. The van der Waals surface area contributed by atoms with Crippen LogP contribution in [0.15, 0.2) is 27.8 Å². The highest BCUT2D eigenvalue weighted by atomic mass is 32.1. The molecule has 3 rings (SSSR count). The normalized spacial score (nSPS) is 12.7. The molecular formula is C31H39FN4O7S. The maximum atomic E-state index is 14.6. The number of nitrogens with one attached hydrogen (secondary N) is 1. The van der Waals surface area contributed by atoms with Crippen LogP contribution in [0.4, 0.5) is 4.39 Å². The number of hydrogen-bond donors (Lipinski definition) is 1. The highest BCUT2D eigenvalue weighted by Crippen LogP contribution is 2.34. The minimum atomic E-state index is -1.65. The van der Waals surface area contributed by atoms with E-state index < -0.39 is 46.0 Å². The number of ether oxygens (including phenoxy) is 3. The number of nitriles is 1. The number of rotatable bonds is 12. The fourth-order valence-electron chi connectivity index (χ4n) is 4.64. The summed E-state index contributed by atoms with van der Waals surface area (Å²) in [5, 5.41) is 12.4. The summed E-state index contributed by atoms with van der Waals surface area (Å²) in [6.07, 6.45) is -1.05. The molecule has 0 unspecified atom stereocenters. The van der Waals surface area contributed by atoms with Gasteiger partial charge in [-0.1, -0.05) is 0 Å². The molecule has 0 spiro atoms. The number of aromatic nitrogens is 2. The van der Waals surface area contributed by atoms with Crippen LogP contribution in [0.2, 0.25) is 0 Å². The summed E-state index contributed by atoms with van der Waals surface area (Å²) in [4.78, 5) is 54.8. The van der Waals surface area contributed by atoms with Crippen LogP contribution in [0.5, 0.6) is 5.75 Å². The molecular weight excluding hydrogens is 591 g/mol. The number of fused-ring (bicyclic) bond motifs is 1. The molecule has 13 heteroatoms. The van der Waals surface area contributed by atoms with Crippen LogP contribution >= 0.6 is 11.3 Å².